The minimum Gasteiger partial charge on any atom is -0.444 e. The Morgan fingerprint density at radius 2 is 2.09 bits per heavy atom. The van der Waals surface area contributed by atoms with Crippen LogP contribution in [0.5, 0.6) is 0 Å². The summed E-state index contributed by atoms with van der Waals surface area (Å²) in [6.07, 6.45) is 2.80. The maximum atomic E-state index is 12.8. The van der Waals surface area contributed by atoms with E-state index in [2.05, 4.69) is 6.58 Å². The van der Waals surface area contributed by atoms with Crippen molar-refractivity contribution in [2.24, 2.45) is 5.92 Å². The van der Waals surface area contributed by atoms with Crippen molar-refractivity contribution in [3.8, 4) is 0 Å². The zero-order valence-electron chi connectivity index (χ0n) is 13.9. The summed E-state index contributed by atoms with van der Waals surface area (Å²) in [6, 6.07) is 7.35. The Hall–Kier alpha value is -2.10. The second-order valence-electron chi connectivity index (χ2n) is 7.30. The molecule has 0 radical (unpaired) electrons. The number of hydrogen-bond acceptors (Lipinski definition) is 3. The Kier molecular flexibility index (Phi) is 3.78. The highest BCUT2D eigenvalue weighted by Gasteiger charge is 2.53. The Labute approximate surface area is 137 Å². The second kappa shape index (κ2) is 5.52. The largest absolute Gasteiger partial charge is 0.444 e. The van der Waals surface area contributed by atoms with E-state index < -0.39 is 5.60 Å². The van der Waals surface area contributed by atoms with Gasteiger partial charge in [0.1, 0.15) is 5.60 Å². The predicted octanol–water partition coefficient (Wildman–Crippen LogP) is 4.13. The molecule has 1 aromatic rings. The van der Waals surface area contributed by atoms with Gasteiger partial charge in [0.15, 0.2) is 5.78 Å². The fourth-order valence-electron chi connectivity index (χ4n) is 3.73. The molecule has 4 nitrogen and oxygen atoms in total. The number of fused-ring (bicyclic) bond motifs is 3. The third-order valence-corrected chi connectivity index (χ3v) is 4.52. The molecule has 1 aromatic carbocycles. The Balaban J connectivity index is 1.99. The molecular weight excluding hydrogens is 290 g/mol. The van der Waals surface area contributed by atoms with Gasteiger partial charge in [-0.05, 0) is 39.2 Å². The molecule has 3 rings (SSSR count). The van der Waals surface area contributed by atoms with Gasteiger partial charge < -0.3 is 4.74 Å². The van der Waals surface area contributed by atoms with E-state index in [1.165, 1.54) is 0 Å². The van der Waals surface area contributed by atoms with Crippen LogP contribution in [-0.4, -0.2) is 28.4 Å². The van der Waals surface area contributed by atoms with E-state index in [1.807, 2.05) is 45.0 Å². The third kappa shape index (κ3) is 2.67. The third-order valence-electron chi connectivity index (χ3n) is 4.52. The van der Waals surface area contributed by atoms with Crippen LogP contribution in [0.25, 0.3) is 0 Å². The van der Waals surface area contributed by atoms with Crippen LogP contribution >= 0.6 is 0 Å². The molecule has 1 aliphatic heterocycles. The minimum absolute atomic E-state index is 0.0327. The lowest BCUT2D eigenvalue weighted by Gasteiger charge is -2.32. The molecule has 0 saturated carbocycles. The lowest BCUT2D eigenvalue weighted by Crippen LogP contribution is -2.41. The Bertz CT molecular complexity index is 659. The number of amides is 1. The highest BCUT2D eigenvalue weighted by atomic mass is 16.6. The molecule has 23 heavy (non-hydrogen) atoms. The zero-order chi connectivity index (χ0) is 16.8. The summed E-state index contributed by atoms with van der Waals surface area (Å²) in [6.45, 7) is 9.35. The number of hydrogen-bond donors (Lipinski definition) is 0. The van der Waals surface area contributed by atoms with Crippen LogP contribution in [0, 0.1) is 5.92 Å². The van der Waals surface area contributed by atoms with E-state index in [0.29, 0.717) is 12.8 Å². The molecule has 0 spiro atoms. The van der Waals surface area contributed by atoms with E-state index in [4.69, 9.17) is 4.74 Å². The molecular formula is C19H23NO3. The van der Waals surface area contributed by atoms with Crippen molar-refractivity contribution in [3.63, 3.8) is 0 Å². The van der Waals surface area contributed by atoms with Crippen LogP contribution in [0.2, 0.25) is 0 Å². The van der Waals surface area contributed by atoms with Crippen molar-refractivity contribution in [2.45, 2.75) is 51.3 Å². The van der Waals surface area contributed by atoms with E-state index in [9.17, 15) is 9.59 Å². The van der Waals surface area contributed by atoms with Gasteiger partial charge in [-0.15, -0.1) is 6.58 Å². The monoisotopic (exact) mass is 313 g/mol. The predicted molar refractivity (Wildman–Crippen MR) is 88.3 cm³/mol. The number of nitrogens with zero attached hydrogens (tertiary/aromatic N) is 1. The summed E-state index contributed by atoms with van der Waals surface area (Å²) < 4.78 is 5.60. The normalized spacial score (nSPS) is 26.0. The molecule has 0 N–H and O–H groups in total. The summed E-state index contributed by atoms with van der Waals surface area (Å²) in [5, 5.41) is 0. The number of likely N-dealkylation sites (tertiary alicyclic amines) is 1. The van der Waals surface area contributed by atoms with Crippen LogP contribution in [0.1, 0.15) is 55.6 Å². The van der Waals surface area contributed by atoms with Crippen LogP contribution in [0.15, 0.2) is 36.9 Å². The first kappa shape index (κ1) is 15.8. The standard InChI is InChI=1S/C19H23NO3/c1-5-8-12-11-15-16(20(12)18(22)23-19(2,3)4)13-9-6-7-10-14(13)17(15)21/h5-7,9-10,12,15-16H,1,8,11H2,2-4H3. The van der Waals surface area contributed by atoms with E-state index >= 15 is 0 Å². The van der Waals surface area contributed by atoms with Crippen molar-refractivity contribution in [3.05, 3.63) is 48.0 Å². The number of ether oxygens (including phenoxy) is 1. The number of Topliss-reactive ketones (excluding diaryl/α,β-unsaturated/α-hetero) is 1. The number of rotatable bonds is 2. The van der Waals surface area contributed by atoms with Crippen molar-refractivity contribution in [1.29, 1.82) is 0 Å². The van der Waals surface area contributed by atoms with Gasteiger partial charge in [0.25, 0.3) is 0 Å². The first-order valence-electron chi connectivity index (χ1n) is 8.09. The Morgan fingerprint density at radius 1 is 1.39 bits per heavy atom. The first-order chi connectivity index (χ1) is 10.8. The molecule has 122 valence electrons. The zero-order valence-corrected chi connectivity index (χ0v) is 13.9. The summed E-state index contributed by atoms with van der Waals surface area (Å²) in [4.78, 5) is 27.2. The summed E-state index contributed by atoms with van der Waals surface area (Å²) >= 11 is 0. The molecule has 4 heteroatoms. The van der Waals surface area contributed by atoms with E-state index in [1.54, 1.807) is 11.0 Å². The maximum absolute atomic E-state index is 12.8. The average molecular weight is 313 g/mol. The van der Waals surface area contributed by atoms with Crippen molar-refractivity contribution in [2.75, 3.05) is 0 Å². The fourth-order valence-corrected chi connectivity index (χ4v) is 3.73. The quantitative estimate of drug-likeness (QED) is 0.771. The van der Waals surface area contributed by atoms with Gasteiger partial charge in [0, 0.05) is 17.5 Å². The summed E-state index contributed by atoms with van der Waals surface area (Å²) in [5.41, 5.74) is 1.13. The van der Waals surface area contributed by atoms with Gasteiger partial charge in [-0.3, -0.25) is 9.69 Å². The molecule has 3 atom stereocenters. The number of carbonyl (C=O) groups excluding carboxylic acids is 2. The summed E-state index contributed by atoms with van der Waals surface area (Å²) in [7, 11) is 0. The Morgan fingerprint density at radius 3 is 2.74 bits per heavy atom. The topological polar surface area (TPSA) is 46.6 Å². The number of benzene rings is 1. The molecule has 1 heterocycles. The van der Waals surface area contributed by atoms with Gasteiger partial charge in [-0.2, -0.15) is 0 Å². The van der Waals surface area contributed by atoms with Crippen molar-refractivity contribution >= 4 is 11.9 Å². The fraction of sp³-hybridized carbons (Fsp3) is 0.474. The van der Waals surface area contributed by atoms with Crippen LogP contribution < -0.4 is 0 Å². The molecule has 3 unspecified atom stereocenters. The first-order valence-corrected chi connectivity index (χ1v) is 8.09. The lowest BCUT2D eigenvalue weighted by atomic mass is 9.98. The second-order valence-corrected chi connectivity index (χ2v) is 7.30. The minimum atomic E-state index is -0.559. The van der Waals surface area contributed by atoms with Gasteiger partial charge in [0.2, 0.25) is 0 Å². The molecule has 1 saturated heterocycles. The average Bonchev–Trinajstić information content (AvgIpc) is 2.95. The van der Waals surface area contributed by atoms with Gasteiger partial charge in [0.05, 0.1) is 6.04 Å². The van der Waals surface area contributed by atoms with Crippen LogP contribution in [-0.2, 0) is 4.74 Å². The number of ketones is 1. The van der Waals surface area contributed by atoms with Gasteiger partial charge in [-0.25, -0.2) is 4.79 Å². The molecule has 1 fully saturated rings. The van der Waals surface area contributed by atoms with Gasteiger partial charge in [-0.1, -0.05) is 30.3 Å². The molecule has 1 aliphatic carbocycles. The van der Waals surface area contributed by atoms with Crippen molar-refractivity contribution in [1.82, 2.24) is 4.90 Å². The summed E-state index contributed by atoms with van der Waals surface area (Å²) in [5.74, 6) is -0.0180. The van der Waals surface area contributed by atoms with E-state index in [0.717, 1.165) is 11.1 Å². The van der Waals surface area contributed by atoms with Crippen LogP contribution in [0.4, 0.5) is 4.79 Å². The van der Waals surface area contributed by atoms with Crippen molar-refractivity contribution < 1.29 is 14.3 Å². The number of carbonyl (C=O) groups is 2. The molecule has 0 bridgehead atoms. The highest BCUT2D eigenvalue weighted by molar-refractivity contribution is 6.04. The smallest absolute Gasteiger partial charge is 0.411 e. The van der Waals surface area contributed by atoms with E-state index in [-0.39, 0.29) is 29.9 Å². The molecule has 1 amide bonds. The maximum Gasteiger partial charge on any atom is 0.411 e. The lowest BCUT2D eigenvalue weighted by molar-refractivity contribution is 0.0139. The molecule has 2 aliphatic rings. The van der Waals surface area contributed by atoms with Gasteiger partial charge >= 0.3 is 6.09 Å². The SMILES string of the molecule is C=CCC1CC2C(=O)c3ccccc3C2N1C(=O)OC(C)(C)C. The van der Waals surface area contributed by atoms with Crippen LogP contribution in [0.3, 0.4) is 0 Å². The highest BCUT2D eigenvalue weighted by Crippen LogP contribution is 2.50. The molecule has 0 aromatic heterocycles.